The summed E-state index contributed by atoms with van der Waals surface area (Å²) in [6.45, 7) is 2.10. The number of nitrogens with one attached hydrogen (secondary N) is 2. The first-order valence-corrected chi connectivity index (χ1v) is 8.59. The number of carbonyl (C=O) groups excluding carboxylic acids is 3. The topological polar surface area (TPSA) is 105 Å². The first-order valence-electron chi connectivity index (χ1n) is 7.65. The van der Waals surface area contributed by atoms with Crippen LogP contribution in [0.25, 0.3) is 0 Å². The molecule has 1 aliphatic heterocycles. The molecule has 2 heterocycles. The van der Waals surface area contributed by atoms with E-state index in [1.54, 1.807) is 11.4 Å². The van der Waals surface area contributed by atoms with Crippen LogP contribution >= 0.6 is 11.3 Å². The van der Waals surface area contributed by atoms with Crippen LogP contribution in [-0.4, -0.2) is 54.8 Å². The van der Waals surface area contributed by atoms with E-state index in [-0.39, 0.29) is 36.7 Å². The third-order valence-corrected chi connectivity index (χ3v) is 4.44. The number of nitrogens with two attached hydrogens (primary N) is 1. The van der Waals surface area contributed by atoms with Crippen molar-refractivity contribution >= 4 is 29.1 Å². The van der Waals surface area contributed by atoms with Crippen LogP contribution < -0.4 is 16.4 Å². The van der Waals surface area contributed by atoms with Gasteiger partial charge in [0.2, 0.25) is 11.8 Å². The van der Waals surface area contributed by atoms with E-state index >= 15 is 0 Å². The Hall–Kier alpha value is -1.93. The van der Waals surface area contributed by atoms with Crippen LogP contribution in [0.2, 0.25) is 0 Å². The molecule has 1 aliphatic rings. The number of piperidine rings is 1. The molecule has 1 aromatic rings. The molecule has 1 aromatic heterocycles. The lowest BCUT2D eigenvalue weighted by atomic mass is 10.0. The normalized spacial score (nSPS) is 16.0. The molecule has 0 bridgehead atoms. The van der Waals surface area contributed by atoms with Gasteiger partial charge < -0.3 is 16.4 Å². The maximum Gasteiger partial charge on any atom is 0.252 e. The summed E-state index contributed by atoms with van der Waals surface area (Å²) in [4.78, 5) is 36.5. The van der Waals surface area contributed by atoms with Crippen molar-refractivity contribution in [2.75, 3.05) is 26.2 Å². The van der Waals surface area contributed by atoms with E-state index in [1.807, 2.05) is 10.3 Å². The minimum Gasteiger partial charge on any atom is -0.369 e. The van der Waals surface area contributed by atoms with Gasteiger partial charge in [0.15, 0.2) is 0 Å². The molecule has 0 atom stereocenters. The molecule has 23 heavy (non-hydrogen) atoms. The van der Waals surface area contributed by atoms with Gasteiger partial charge in [-0.05, 0) is 24.3 Å². The van der Waals surface area contributed by atoms with Gasteiger partial charge in [0.25, 0.3) is 5.91 Å². The molecule has 3 amide bonds. The van der Waals surface area contributed by atoms with E-state index in [0.717, 1.165) is 25.9 Å². The SMILES string of the molecule is NC(=O)CN1CCC(NC(=O)CCNC(=O)c2ccsc2)CC1. The van der Waals surface area contributed by atoms with Crippen LogP contribution in [0, 0.1) is 0 Å². The predicted molar refractivity (Wildman–Crippen MR) is 88.1 cm³/mol. The molecule has 0 aromatic carbocycles. The van der Waals surface area contributed by atoms with E-state index in [9.17, 15) is 14.4 Å². The van der Waals surface area contributed by atoms with Crippen LogP contribution in [0.15, 0.2) is 16.8 Å². The Morgan fingerprint density at radius 3 is 2.65 bits per heavy atom. The Labute approximate surface area is 139 Å². The van der Waals surface area contributed by atoms with Crippen molar-refractivity contribution in [2.45, 2.75) is 25.3 Å². The third-order valence-electron chi connectivity index (χ3n) is 3.75. The smallest absolute Gasteiger partial charge is 0.252 e. The highest BCUT2D eigenvalue weighted by Gasteiger charge is 2.21. The minimum absolute atomic E-state index is 0.0658. The first kappa shape index (κ1) is 17.4. The summed E-state index contributed by atoms with van der Waals surface area (Å²) in [6.07, 6.45) is 1.87. The van der Waals surface area contributed by atoms with Crippen molar-refractivity contribution in [1.82, 2.24) is 15.5 Å². The number of primary amides is 1. The largest absolute Gasteiger partial charge is 0.369 e. The van der Waals surface area contributed by atoms with Crippen LogP contribution in [0.5, 0.6) is 0 Å². The van der Waals surface area contributed by atoms with Gasteiger partial charge in [-0.25, -0.2) is 0 Å². The molecular weight excluding hydrogens is 316 g/mol. The fraction of sp³-hybridized carbons (Fsp3) is 0.533. The third kappa shape index (κ3) is 5.99. The van der Waals surface area contributed by atoms with Gasteiger partial charge in [0.1, 0.15) is 0 Å². The number of hydrogen-bond acceptors (Lipinski definition) is 5. The molecule has 1 saturated heterocycles. The first-order chi connectivity index (χ1) is 11.0. The summed E-state index contributed by atoms with van der Waals surface area (Å²) >= 11 is 1.46. The summed E-state index contributed by atoms with van der Waals surface area (Å²) in [5, 5.41) is 9.31. The Bertz CT molecular complexity index is 539. The molecule has 2 rings (SSSR count). The molecule has 0 unspecified atom stereocenters. The van der Waals surface area contributed by atoms with E-state index in [0.29, 0.717) is 12.1 Å². The maximum atomic E-state index is 11.9. The van der Waals surface area contributed by atoms with E-state index in [4.69, 9.17) is 5.73 Å². The number of likely N-dealkylation sites (tertiary alicyclic amines) is 1. The van der Waals surface area contributed by atoms with E-state index in [1.165, 1.54) is 11.3 Å². The Balaban J connectivity index is 1.60. The number of hydrogen-bond donors (Lipinski definition) is 3. The summed E-state index contributed by atoms with van der Waals surface area (Å²) in [5.74, 6) is -0.545. The lowest BCUT2D eigenvalue weighted by molar-refractivity contribution is -0.123. The molecule has 126 valence electrons. The van der Waals surface area contributed by atoms with Crippen molar-refractivity contribution in [2.24, 2.45) is 5.73 Å². The molecule has 0 saturated carbocycles. The maximum absolute atomic E-state index is 11.9. The molecule has 0 aliphatic carbocycles. The van der Waals surface area contributed by atoms with Gasteiger partial charge in [0.05, 0.1) is 6.54 Å². The summed E-state index contributed by atoms with van der Waals surface area (Å²) < 4.78 is 0. The lowest BCUT2D eigenvalue weighted by Gasteiger charge is -2.31. The second-order valence-electron chi connectivity index (χ2n) is 5.60. The number of carbonyl (C=O) groups is 3. The van der Waals surface area contributed by atoms with Gasteiger partial charge in [-0.2, -0.15) is 11.3 Å². The van der Waals surface area contributed by atoms with Gasteiger partial charge in [-0.1, -0.05) is 0 Å². The molecule has 8 heteroatoms. The van der Waals surface area contributed by atoms with Crippen molar-refractivity contribution < 1.29 is 14.4 Å². The van der Waals surface area contributed by atoms with Gasteiger partial charge >= 0.3 is 0 Å². The van der Waals surface area contributed by atoms with Crippen molar-refractivity contribution in [3.63, 3.8) is 0 Å². The highest BCUT2D eigenvalue weighted by Crippen LogP contribution is 2.10. The second-order valence-corrected chi connectivity index (χ2v) is 6.38. The fourth-order valence-corrected chi connectivity index (χ4v) is 3.18. The zero-order valence-electron chi connectivity index (χ0n) is 12.9. The zero-order valence-corrected chi connectivity index (χ0v) is 13.7. The summed E-state index contributed by atoms with van der Waals surface area (Å²) in [5.41, 5.74) is 5.79. The Morgan fingerprint density at radius 2 is 2.04 bits per heavy atom. The van der Waals surface area contributed by atoms with Crippen LogP contribution in [0.4, 0.5) is 0 Å². The average Bonchev–Trinajstić information content (AvgIpc) is 3.03. The van der Waals surface area contributed by atoms with Gasteiger partial charge in [-0.3, -0.25) is 19.3 Å². The highest BCUT2D eigenvalue weighted by atomic mass is 32.1. The van der Waals surface area contributed by atoms with Crippen molar-refractivity contribution in [3.8, 4) is 0 Å². The standard InChI is InChI=1S/C15H22N4O3S/c16-13(20)9-19-6-2-12(3-7-19)18-14(21)1-5-17-15(22)11-4-8-23-10-11/h4,8,10,12H,1-3,5-7,9H2,(H2,16,20)(H,17,22)(H,18,21). The van der Waals surface area contributed by atoms with E-state index in [2.05, 4.69) is 10.6 Å². The monoisotopic (exact) mass is 338 g/mol. The van der Waals surface area contributed by atoms with E-state index < -0.39 is 0 Å². The van der Waals surface area contributed by atoms with Gasteiger partial charge in [-0.15, -0.1) is 0 Å². The summed E-state index contributed by atoms with van der Waals surface area (Å²) in [7, 11) is 0. The minimum atomic E-state index is -0.325. The van der Waals surface area contributed by atoms with Crippen LogP contribution in [0.3, 0.4) is 0 Å². The Morgan fingerprint density at radius 1 is 1.30 bits per heavy atom. The molecule has 7 nitrogen and oxygen atoms in total. The average molecular weight is 338 g/mol. The van der Waals surface area contributed by atoms with Crippen LogP contribution in [0.1, 0.15) is 29.6 Å². The molecule has 4 N–H and O–H groups in total. The summed E-state index contributed by atoms with van der Waals surface area (Å²) in [6, 6.07) is 1.87. The number of nitrogens with zero attached hydrogens (tertiary/aromatic N) is 1. The van der Waals surface area contributed by atoms with Crippen LogP contribution in [-0.2, 0) is 9.59 Å². The van der Waals surface area contributed by atoms with Crippen molar-refractivity contribution in [3.05, 3.63) is 22.4 Å². The molecule has 0 spiro atoms. The lowest BCUT2D eigenvalue weighted by Crippen LogP contribution is -2.47. The van der Waals surface area contributed by atoms with Gasteiger partial charge in [0, 0.05) is 43.0 Å². The number of amides is 3. The number of thiophene rings is 1. The number of rotatable bonds is 7. The zero-order chi connectivity index (χ0) is 16.7. The predicted octanol–water partition coefficient (Wildman–Crippen LogP) is -0.0661. The quantitative estimate of drug-likeness (QED) is 0.647. The second kappa shape index (κ2) is 8.64. The Kier molecular flexibility index (Phi) is 6.54. The molecule has 0 radical (unpaired) electrons. The molecule has 1 fully saturated rings. The fourth-order valence-electron chi connectivity index (χ4n) is 2.54. The molecular formula is C15H22N4O3S. The highest BCUT2D eigenvalue weighted by molar-refractivity contribution is 7.08. The van der Waals surface area contributed by atoms with Crippen molar-refractivity contribution in [1.29, 1.82) is 0 Å².